The Morgan fingerprint density at radius 1 is 1.43 bits per heavy atom. The Labute approximate surface area is 126 Å². The summed E-state index contributed by atoms with van der Waals surface area (Å²) in [7, 11) is -1.59. The lowest BCUT2D eigenvalue weighted by Gasteiger charge is -2.30. The standard InChI is InChI=1S/C14H23N3O3S/c1-10-4-5-13(15)11(2)14(10)21(18,19)16-8-12-9-17(3)6-7-20-12/h4-5,12,16H,6-9,15H2,1-3H3. The minimum atomic E-state index is -3.59. The van der Waals surface area contributed by atoms with Gasteiger partial charge in [-0.15, -0.1) is 0 Å². The first-order chi connectivity index (χ1) is 9.81. The van der Waals surface area contributed by atoms with Crippen LogP contribution in [0.5, 0.6) is 0 Å². The summed E-state index contributed by atoms with van der Waals surface area (Å²) in [5.41, 5.74) is 7.58. The average Bonchev–Trinajstić information content (AvgIpc) is 2.41. The summed E-state index contributed by atoms with van der Waals surface area (Å²) < 4.78 is 33.2. The van der Waals surface area contributed by atoms with E-state index in [1.54, 1.807) is 26.0 Å². The second kappa shape index (κ2) is 6.31. The van der Waals surface area contributed by atoms with Crippen LogP contribution in [0.4, 0.5) is 5.69 Å². The maximum Gasteiger partial charge on any atom is 0.241 e. The van der Waals surface area contributed by atoms with Crippen molar-refractivity contribution in [3.8, 4) is 0 Å². The summed E-state index contributed by atoms with van der Waals surface area (Å²) in [5, 5.41) is 0. The van der Waals surface area contributed by atoms with Crippen molar-refractivity contribution in [2.75, 3.05) is 39.0 Å². The minimum absolute atomic E-state index is 0.125. The molecule has 7 heteroatoms. The van der Waals surface area contributed by atoms with Crippen molar-refractivity contribution in [2.45, 2.75) is 24.8 Å². The predicted molar refractivity (Wildman–Crippen MR) is 82.8 cm³/mol. The number of likely N-dealkylation sites (N-methyl/N-ethyl adjacent to an activating group) is 1. The van der Waals surface area contributed by atoms with Crippen molar-refractivity contribution in [2.24, 2.45) is 0 Å². The molecule has 21 heavy (non-hydrogen) atoms. The highest BCUT2D eigenvalue weighted by Gasteiger charge is 2.24. The molecule has 0 radical (unpaired) electrons. The Morgan fingerprint density at radius 3 is 2.81 bits per heavy atom. The van der Waals surface area contributed by atoms with Gasteiger partial charge in [0.2, 0.25) is 10.0 Å². The highest BCUT2D eigenvalue weighted by Crippen LogP contribution is 2.24. The number of sulfonamides is 1. The smallest absolute Gasteiger partial charge is 0.241 e. The molecule has 0 bridgehead atoms. The van der Waals surface area contributed by atoms with Crippen LogP contribution < -0.4 is 10.5 Å². The Kier molecular flexibility index (Phi) is 4.88. The van der Waals surface area contributed by atoms with Gasteiger partial charge in [0.25, 0.3) is 0 Å². The van der Waals surface area contributed by atoms with E-state index in [-0.39, 0.29) is 17.5 Å². The monoisotopic (exact) mass is 313 g/mol. The number of rotatable bonds is 4. The fraction of sp³-hybridized carbons (Fsp3) is 0.571. The molecular weight excluding hydrogens is 290 g/mol. The van der Waals surface area contributed by atoms with Crippen molar-refractivity contribution >= 4 is 15.7 Å². The van der Waals surface area contributed by atoms with Crippen molar-refractivity contribution in [3.63, 3.8) is 0 Å². The number of morpholine rings is 1. The van der Waals surface area contributed by atoms with E-state index >= 15 is 0 Å². The van der Waals surface area contributed by atoms with Gasteiger partial charge >= 0.3 is 0 Å². The van der Waals surface area contributed by atoms with Crippen LogP contribution in [0.3, 0.4) is 0 Å². The molecule has 1 aromatic carbocycles. The van der Waals surface area contributed by atoms with E-state index in [2.05, 4.69) is 9.62 Å². The normalized spacial score (nSPS) is 20.6. The fourth-order valence-corrected chi connectivity index (χ4v) is 4.08. The molecule has 0 aliphatic carbocycles. The van der Waals surface area contributed by atoms with Gasteiger partial charge in [-0.25, -0.2) is 13.1 Å². The van der Waals surface area contributed by atoms with Gasteiger partial charge < -0.3 is 15.4 Å². The van der Waals surface area contributed by atoms with Crippen LogP contribution in [-0.4, -0.2) is 52.7 Å². The molecule has 1 atom stereocenters. The molecule has 0 aromatic heterocycles. The molecule has 0 spiro atoms. The van der Waals surface area contributed by atoms with E-state index in [1.807, 2.05) is 7.05 Å². The lowest BCUT2D eigenvalue weighted by molar-refractivity contribution is -0.0156. The van der Waals surface area contributed by atoms with Gasteiger partial charge in [-0.05, 0) is 38.1 Å². The molecule has 1 aliphatic heterocycles. The summed E-state index contributed by atoms with van der Waals surface area (Å²) >= 11 is 0. The zero-order chi connectivity index (χ0) is 15.6. The Balaban J connectivity index is 2.14. The van der Waals surface area contributed by atoms with E-state index in [0.29, 0.717) is 23.4 Å². The van der Waals surface area contributed by atoms with Crippen LogP contribution >= 0.6 is 0 Å². The van der Waals surface area contributed by atoms with E-state index < -0.39 is 10.0 Å². The third kappa shape index (κ3) is 3.74. The lowest BCUT2D eigenvalue weighted by atomic mass is 10.1. The molecule has 1 fully saturated rings. The number of nitrogens with one attached hydrogen (secondary N) is 1. The van der Waals surface area contributed by atoms with Gasteiger partial charge in [0, 0.05) is 25.3 Å². The maximum absolute atomic E-state index is 12.5. The summed E-state index contributed by atoms with van der Waals surface area (Å²) in [4.78, 5) is 2.39. The summed E-state index contributed by atoms with van der Waals surface area (Å²) in [6.07, 6.45) is -0.125. The molecule has 0 amide bonds. The largest absolute Gasteiger partial charge is 0.398 e. The first kappa shape index (κ1) is 16.2. The van der Waals surface area contributed by atoms with Gasteiger partial charge in [0.1, 0.15) is 0 Å². The number of hydrogen-bond donors (Lipinski definition) is 2. The van der Waals surface area contributed by atoms with Crippen molar-refractivity contribution in [1.82, 2.24) is 9.62 Å². The zero-order valence-electron chi connectivity index (χ0n) is 12.7. The Hall–Kier alpha value is -1.15. The molecule has 118 valence electrons. The van der Waals surface area contributed by atoms with Gasteiger partial charge in [0.05, 0.1) is 17.6 Å². The Bertz CT molecular complexity index is 616. The van der Waals surface area contributed by atoms with Crippen molar-refractivity contribution < 1.29 is 13.2 Å². The Morgan fingerprint density at radius 2 is 2.14 bits per heavy atom. The second-order valence-corrected chi connectivity index (χ2v) is 7.24. The molecule has 1 aromatic rings. The molecule has 0 saturated carbocycles. The molecule has 2 rings (SSSR count). The summed E-state index contributed by atoms with van der Waals surface area (Å²) in [6, 6.07) is 3.45. The van der Waals surface area contributed by atoms with Crippen molar-refractivity contribution in [3.05, 3.63) is 23.3 Å². The predicted octanol–water partition coefficient (Wildman–Crippen LogP) is 0.495. The van der Waals surface area contributed by atoms with Gasteiger partial charge in [0.15, 0.2) is 0 Å². The quantitative estimate of drug-likeness (QED) is 0.791. The fourth-order valence-electron chi connectivity index (χ4n) is 2.52. The summed E-state index contributed by atoms with van der Waals surface area (Å²) in [5.74, 6) is 0. The van der Waals surface area contributed by atoms with Gasteiger partial charge in [-0.3, -0.25) is 0 Å². The first-order valence-corrected chi connectivity index (χ1v) is 8.45. The van der Waals surface area contributed by atoms with E-state index in [1.165, 1.54) is 0 Å². The molecule has 1 heterocycles. The average molecular weight is 313 g/mol. The third-order valence-electron chi connectivity index (χ3n) is 3.76. The second-order valence-electron chi connectivity index (χ2n) is 5.53. The van der Waals surface area contributed by atoms with Gasteiger partial charge in [-0.1, -0.05) is 6.07 Å². The topological polar surface area (TPSA) is 84.7 Å². The number of benzene rings is 1. The molecule has 1 aliphatic rings. The molecule has 1 unspecified atom stereocenters. The van der Waals surface area contributed by atoms with E-state index in [9.17, 15) is 8.42 Å². The molecule has 3 N–H and O–H groups in total. The lowest BCUT2D eigenvalue weighted by Crippen LogP contribution is -2.46. The first-order valence-electron chi connectivity index (χ1n) is 6.97. The number of ether oxygens (including phenoxy) is 1. The summed E-state index contributed by atoms with van der Waals surface area (Å²) in [6.45, 7) is 5.97. The molecular formula is C14H23N3O3S. The third-order valence-corrected chi connectivity index (χ3v) is 5.47. The number of aryl methyl sites for hydroxylation is 1. The van der Waals surface area contributed by atoms with Crippen molar-refractivity contribution in [1.29, 1.82) is 0 Å². The maximum atomic E-state index is 12.5. The highest BCUT2D eigenvalue weighted by atomic mass is 32.2. The van der Waals surface area contributed by atoms with Crippen LogP contribution in [0, 0.1) is 13.8 Å². The SMILES string of the molecule is Cc1ccc(N)c(C)c1S(=O)(=O)NCC1CN(C)CCO1. The van der Waals surface area contributed by atoms with Crippen LogP contribution in [0.2, 0.25) is 0 Å². The zero-order valence-corrected chi connectivity index (χ0v) is 13.5. The van der Waals surface area contributed by atoms with E-state index in [4.69, 9.17) is 10.5 Å². The highest BCUT2D eigenvalue weighted by molar-refractivity contribution is 7.89. The number of hydrogen-bond acceptors (Lipinski definition) is 5. The van der Waals surface area contributed by atoms with E-state index in [0.717, 1.165) is 13.1 Å². The van der Waals surface area contributed by atoms with Crippen LogP contribution in [0.15, 0.2) is 17.0 Å². The molecule has 1 saturated heterocycles. The number of nitrogen functional groups attached to an aromatic ring is 1. The van der Waals surface area contributed by atoms with Crippen LogP contribution in [0.1, 0.15) is 11.1 Å². The van der Waals surface area contributed by atoms with Crippen LogP contribution in [0.25, 0.3) is 0 Å². The van der Waals surface area contributed by atoms with Crippen LogP contribution in [-0.2, 0) is 14.8 Å². The number of anilines is 1. The number of nitrogens with two attached hydrogens (primary N) is 1. The van der Waals surface area contributed by atoms with Gasteiger partial charge in [-0.2, -0.15) is 0 Å². The minimum Gasteiger partial charge on any atom is -0.398 e. The molecule has 6 nitrogen and oxygen atoms in total. The number of nitrogens with zero attached hydrogens (tertiary/aromatic N) is 1.